The van der Waals surface area contributed by atoms with Crippen LogP contribution in [0.25, 0.3) is 0 Å². The van der Waals surface area contributed by atoms with Gasteiger partial charge in [0.05, 0.1) is 11.4 Å². The summed E-state index contributed by atoms with van der Waals surface area (Å²) in [5.41, 5.74) is 1.06. The van der Waals surface area contributed by atoms with Gasteiger partial charge in [-0.15, -0.1) is 0 Å². The lowest BCUT2D eigenvalue weighted by atomic mass is 10.2. The fourth-order valence-corrected chi connectivity index (χ4v) is 3.04. The standard InChI is InChI=1S/C14H20N4O2S/c1-3-15-10-12-4-6-13(7-5-12)21(19,20)18(2)11-14-16-8-9-17-14/h4-9,15H,3,10-11H2,1-2H3,(H,16,17). The number of hydrogen-bond acceptors (Lipinski definition) is 4. The van der Waals surface area contributed by atoms with E-state index in [2.05, 4.69) is 15.3 Å². The number of nitrogens with one attached hydrogen (secondary N) is 2. The Bertz CT molecular complexity index is 651. The molecule has 7 heteroatoms. The van der Waals surface area contributed by atoms with Crippen molar-refractivity contribution < 1.29 is 8.42 Å². The number of aromatic nitrogens is 2. The van der Waals surface area contributed by atoms with Crippen LogP contribution < -0.4 is 5.32 Å². The highest BCUT2D eigenvalue weighted by Gasteiger charge is 2.21. The summed E-state index contributed by atoms with van der Waals surface area (Å²) in [5.74, 6) is 0.616. The van der Waals surface area contributed by atoms with E-state index >= 15 is 0 Å². The first-order valence-electron chi connectivity index (χ1n) is 6.78. The summed E-state index contributed by atoms with van der Waals surface area (Å²) in [6, 6.07) is 6.94. The molecule has 1 heterocycles. The van der Waals surface area contributed by atoms with Crippen molar-refractivity contribution in [2.75, 3.05) is 13.6 Å². The first kappa shape index (κ1) is 15.7. The number of aromatic amines is 1. The molecule has 6 nitrogen and oxygen atoms in total. The lowest BCUT2D eigenvalue weighted by Crippen LogP contribution is -2.27. The maximum absolute atomic E-state index is 12.5. The second-order valence-electron chi connectivity index (χ2n) is 4.72. The number of sulfonamides is 1. The molecule has 0 fully saturated rings. The molecule has 0 aliphatic carbocycles. The maximum Gasteiger partial charge on any atom is 0.243 e. The van der Waals surface area contributed by atoms with E-state index in [4.69, 9.17) is 0 Å². The normalized spacial score (nSPS) is 12.0. The van der Waals surface area contributed by atoms with Crippen LogP contribution in [0, 0.1) is 0 Å². The molecule has 0 bridgehead atoms. The van der Waals surface area contributed by atoms with Crippen molar-refractivity contribution in [3.05, 3.63) is 48.0 Å². The molecule has 0 amide bonds. The van der Waals surface area contributed by atoms with Crippen molar-refractivity contribution in [1.82, 2.24) is 19.6 Å². The van der Waals surface area contributed by atoms with Gasteiger partial charge >= 0.3 is 0 Å². The van der Waals surface area contributed by atoms with Gasteiger partial charge in [-0.25, -0.2) is 13.4 Å². The lowest BCUT2D eigenvalue weighted by Gasteiger charge is -2.16. The number of imidazole rings is 1. The highest BCUT2D eigenvalue weighted by molar-refractivity contribution is 7.89. The Morgan fingerprint density at radius 2 is 2.00 bits per heavy atom. The van der Waals surface area contributed by atoms with Gasteiger partial charge in [0.15, 0.2) is 0 Å². The summed E-state index contributed by atoms with van der Waals surface area (Å²) in [6.45, 7) is 3.86. The number of nitrogens with zero attached hydrogens (tertiary/aromatic N) is 2. The minimum absolute atomic E-state index is 0.217. The van der Waals surface area contributed by atoms with E-state index in [0.29, 0.717) is 5.82 Å². The molecule has 0 radical (unpaired) electrons. The Labute approximate surface area is 125 Å². The maximum atomic E-state index is 12.5. The molecule has 0 saturated carbocycles. The van der Waals surface area contributed by atoms with Crippen molar-refractivity contribution in [2.24, 2.45) is 0 Å². The zero-order valence-corrected chi connectivity index (χ0v) is 13.0. The van der Waals surface area contributed by atoms with Crippen molar-refractivity contribution in [3.8, 4) is 0 Å². The van der Waals surface area contributed by atoms with Crippen molar-refractivity contribution in [2.45, 2.75) is 24.9 Å². The molecule has 2 rings (SSSR count). The Kier molecular flexibility index (Phi) is 5.11. The van der Waals surface area contributed by atoms with E-state index in [1.807, 2.05) is 19.1 Å². The van der Waals surface area contributed by atoms with Gasteiger partial charge in [0.1, 0.15) is 5.82 Å². The van der Waals surface area contributed by atoms with Crippen LogP contribution in [0.5, 0.6) is 0 Å². The Balaban J connectivity index is 2.11. The first-order valence-corrected chi connectivity index (χ1v) is 8.22. The third-order valence-corrected chi connectivity index (χ3v) is 4.96. The molecule has 0 aliphatic heterocycles. The molecule has 114 valence electrons. The zero-order chi connectivity index (χ0) is 15.3. The quantitative estimate of drug-likeness (QED) is 0.809. The lowest BCUT2D eigenvalue weighted by molar-refractivity contribution is 0.458. The second kappa shape index (κ2) is 6.84. The van der Waals surface area contributed by atoms with Crippen LogP contribution in [-0.4, -0.2) is 36.3 Å². The number of rotatable bonds is 7. The molecule has 0 spiro atoms. The van der Waals surface area contributed by atoms with Crippen LogP contribution in [0.2, 0.25) is 0 Å². The van der Waals surface area contributed by atoms with E-state index in [0.717, 1.165) is 18.7 Å². The predicted molar refractivity (Wildman–Crippen MR) is 81.1 cm³/mol. The van der Waals surface area contributed by atoms with Crippen molar-refractivity contribution in [1.29, 1.82) is 0 Å². The molecule has 1 aromatic carbocycles. The van der Waals surface area contributed by atoms with Crippen LogP contribution in [0.1, 0.15) is 18.3 Å². The van der Waals surface area contributed by atoms with Gasteiger partial charge in [-0.1, -0.05) is 19.1 Å². The van der Waals surface area contributed by atoms with Crippen LogP contribution in [0.15, 0.2) is 41.6 Å². The average Bonchev–Trinajstić information content (AvgIpc) is 2.98. The molecule has 0 saturated heterocycles. The van der Waals surface area contributed by atoms with E-state index in [1.54, 1.807) is 31.6 Å². The van der Waals surface area contributed by atoms with E-state index < -0.39 is 10.0 Å². The summed E-state index contributed by atoms with van der Waals surface area (Å²) in [7, 11) is -1.95. The van der Waals surface area contributed by atoms with Crippen molar-refractivity contribution in [3.63, 3.8) is 0 Å². The monoisotopic (exact) mass is 308 g/mol. The molecule has 2 N–H and O–H groups in total. The molecule has 0 unspecified atom stereocenters. The van der Waals surface area contributed by atoms with Crippen LogP contribution in [0.4, 0.5) is 0 Å². The Morgan fingerprint density at radius 3 is 2.57 bits per heavy atom. The third kappa shape index (κ3) is 3.90. The summed E-state index contributed by atoms with van der Waals surface area (Å²) >= 11 is 0. The largest absolute Gasteiger partial charge is 0.347 e. The van der Waals surface area contributed by atoms with Gasteiger partial charge < -0.3 is 10.3 Å². The molecule has 2 aromatic rings. The van der Waals surface area contributed by atoms with Gasteiger partial charge in [-0.2, -0.15) is 4.31 Å². The molecule has 21 heavy (non-hydrogen) atoms. The van der Waals surface area contributed by atoms with Gasteiger partial charge in [-0.05, 0) is 24.2 Å². The fraction of sp³-hybridized carbons (Fsp3) is 0.357. The Morgan fingerprint density at radius 1 is 1.29 bits per heavy atom. The van der Waals surface area contributed by atoms with E-state index in [1.165, 1.54) is 4.31 Å². The minimum atomic E-state index is -3.50. The van der Waals surface area contributed by atoms with Crippen LogP contribution in [0.3, 0.4) is 0 Å². The van der Waals surface area contributed by atoms with Gasteiger partial charge in [-0.3, -0.25) is 0 Å². The molecular formula is C14H20N4O2S. The van der Waals surface area contributed by atoms with Crippen molar-refractivity contribution >= 4 is 10.0 Å². The highest BCUT2D eigenvalue weighted by atomic mass is 32.2. The van der Waals surface area contributed by atoms with Gasteiger partial charge in [0.2, 0.25) is 10.0 Å². The van der Waals surface area contributed by atoms with Gasteiger partial charge in [0.25, 0.3) is 0 Å². The Hall–Kier alpha value is -1.70. The third-order valence-electron chi connectivity index (χ3n) is 3.14. The van der Waals surface area contributed by atoms with Gasteiger partial charge in [0, 0.05) is 26.0 Å². The van der Waals surface area contributed by atoms with E-state index in [-0.39, 0.29) is 11.4 Å². The predicted octanol–water partition coefficient (Wildman–Crippen LogP) is 1.34. The molecular weight excluding hydrogens is 288 g/mol. The number of benzene rings is 1. The fourth-order valence-electron chi connectivity index (χ4n) is 1.91. The highest BCUT2D eigenvalue weighted by Crippen LogP contribution is 2.16. The minimum Gasteiger partial charge on any atom is -0.347 e. The molecule has 1 aromatic heterocycles. The SMILES string of the molecule is CCNCc1ccc(S(=O)(=O)N(C)Cc2ncc[nH]2)cc1. The summed E-state index contributed by atoms with van der Waals surface area (Å²) in [5, 5.41) is 3.20. The summed E-state index contributed by atoms with van der Waals surface area (Å²) in [6.07, 6.45) is 3.27. The zero-order valence-electron chi connectivity index (χ0n) is 12.2. The number of H-pyrrole nitrogens is 1. The van der Waals surface area contributed by atoms with Crippen LogP contribution >= 0.6 is 0 Å². The molecule has 0 aliphatic rings. The molecule has 0 atom stereocenters. The summed E-state index contributed by atoms with van der Waals surface area (Å²) < 4.78 is 26.2. The smallest absolute Gasteiger partial charge is 0.243 e. The van der Waals surface area contributed by atoms with E-state index in [9.17, 15) is 8.42 Å². The van der Waals surface area contributed by atoms with Crippen LogP contribution in [-0.2, 0) is 23.1 Å². The first-order chi connectivity index (χ1) is 10.0. The average molecular weight is 308 g/mol. The summed E-state index contributed by atoms with van der Waals surface area (Å²) in [4.78, 5) is 7.23. The number of hydrogen-bond donors (Lipinski definition) is 2. The second-order valence-corrected chi connectivity index (χ2v) is 6.77. The topological polar surface area (TPSA) is 78.1 Å².